The highest BCUT2D eigenvalue weighted by Crippen LogP contribution is 2.30. The fourth-order valence-electron chi connectivity index (χ4n) is 0.897. The van der Waals surface area contributed by atoms with Crippen LogP contribution in [-0.4, -0.2) is 0 Å². The minimum absolute atomic E-state index is 0.910. The molecule has 0 amide bonds. The van der Waals surface area contributed by atoms with E-state index in [0.29, 0.717) is 0 Å². The predicted octanol–water partition coefficient (Wildman–Crippen LogP) is 3.48. The quantitative estimate of drug-likeness (QED) is 0.423. The minimum Gasteiger partial charge on any atom is -0.0988 e. The molecule has 60 valence electrons. The summed E-state index contributed by atoms with van der Waals surface area (Å²) >= 11 is 0. The fourth-order valence-corrected chi connectivity index (χ4v) is 0.897. The lowest BCUT2D eigenvalue weighted by Gasteiger charge is -1.87. The first kappa shape index (κ1) is 8.32. The molecule has 1 aliphatic rings. The van der Waals surface area contributed by atoms with Crippen molar-refractivity contribution in [1.29, 1.82) is 0 Å². The molecule has 0 nitrogen and oxygen atoms in total. The van der Waals surface area contributed by atoms with E-state index >= 15 is 0 Å². The van der Waals surface area contributed by atoms with Crippen LogP contribution in [0.5, 0.6) is 0 Å². The standard InChI is InChI=1S/C11H16/c1-3-10(2)6-4-5-7-11-8-9-11/h3,5-7,11H,1,4,8-9H2,2H3. The lowest BCUT2D eigenvalue weighted by atomic mass is 10.2. The molecule has 0 bridgehead atoms. The SMILES string of the molecule is C=CC(C)=CCC=CC1CC1. The van der Waals surface area contributed by atoms with Crippen molar-refractivity contribution in [3.8, 4) is 0 Å². The third kappa shape index (κ3) is 3.82. The molecule has 0 aliphatic heterocycles. The molecule has 1 saturated carbocycles. The van der Waals surface area contributed by atoms with E-state index in [1.54, 1.807) is 0 Å². The Labute approximate surface area is 69.3 Å². The smallest absolute Gasteiger partial charge is 0.0163 e. The molecule has 0 aromatic carbocycles. The molecular formula is C11H16. The van der Waals surface area contributed by atoms with Crippen LogP contribution in [0.3, 0.4) is 0 Å². The van der Waals surface area contributed by atoms with E-state index in [2.05, 4.69) is 31.7 Å². The van der Waals surface area contributed by atoms with Gasteiger partial charge in [-0.2, -0.15) is 0 Å². The van der Waals surface area contributed by atoms with Crippen molar-refractivity contribution in [3.05, 3.63) is 36.5 Å². The highest BCUT2D eigenvalue weighted by atomic mass is 14.2. The molecule has 0 N–H and O–H groups in total. The van der Waals surface area contributed by atoms with Crippen LogP contribution < -0.4 is 0 Å². The zero-order valence-electron chi connectivity index (χ0n) is 7.22. The Kier molecular flexibility index (Phi) is 3.15. The van der Waals surface area contributed by atoms with Gasteiger partial charge in [-0.25, -0.2) is 0 Å². The Morgan fingerprint density at radius 2 is 2.27 bits per heavy atom. The Morgan fingerprint density at radius 3 is 2.82 bits per heavy atom. The number of hydrogen-bond donors (Lipinski definition) is 0. The Balaban J connectivity index is 2.15. The Morgan fingerprint density at radius 1 is 1.55 bits per heavy atom. The van der Waals surface area contributed by atoms with Gasteiger partial charge in [0.05, 0.1) is 0 Å². The summed E-state index contributed by atoms with van der Waals surface area (Å²) in [6.45, 7) is 5.78. The topological polar surface area (TPSA) is 0 Å². The molecular weight excluding hydrogens is 132 g/mol. The number of rotatable bonds is 4. The lowest BCUT2D eigenvalue weighted by Crippen LogP contribution is -1.67. The van der Waals surface area contributed by atoms with Gasteiger partial charge in [0, 0.05) is 0 Å². The van der Waals surface area contributed by atoms with Crippen molar-refractivity contribution < 1.29 is 0 Å². The number of allylic oxidation sites excluding steroid dienone is 5. The van der Waals surface area contributed by atoms with Crippen molar-refractivity contribution in [2.24, 2.45) is 5.92 Å². The molecule has 0 heterocycles. The van der Waals surface area contributed by atoms with Crippen molar-refractivity contribution in [3.63, 3.8) is 0 Å². The van der Waals surface area contributed by atoms with E-state index in [0.717, 1.165) is 12.3 Å². The van der Waals surface area contributed by atoms with E-state index in [9.17, 15) is 0 Å². The summed E-state index contributed by atoms with van der Waals surface area (Å²) in [7, 11) is 0. The van der Waals surface area contributed by atoms with Crippen molar-refractivity contribution in [2.75, 3.05) is 0 Å². The van der Waals surface area contributed by atoms with Gasteiger partial charge in [-0.05, 0) is 32.1 Å². The summed E-state index contributed by atoms with van der Waals surface area (Å²) < 4.78 is 0. The molecule has 0 atom stereocenters. The van der Waals surface area contributed by atoms with Gasteiger partial charge in [-0.15, -0.1) is 0 Å². The molecule has 0 heteroatoms. The van der Waals surface area contributed by atoms with E-state index in [1.807, 2.05) is 6.08 Å². The van der Waals surface area contributed by atoms with Gasteiger partial charge in [-0.1, -0.05) is 36.5 Å². The molecule has 0 spiro atoms. The maximum absolute atomic E-state index is 3.69. The fraction of sp³-hybridized carbons (Fsp3) is 0.455. The van der Waals surface area contributed by atoms with Crippen LogP contribution in [0.4, 0.5) is 0 Å². The molecule has 0 saturated heterocycles. The molecule has 1 aliphatic carbocycles. The highest BCUT2D eigenvalue weighted by molar-refractivity contribution is 5.14. The van der Waals surface area contributed by atoms with Gasteiger partial charge in [0.1, 0.15) is 0 Å². The second kappa shape index (κ2) is 4.17. The molecule has 11 heavy (non-hydrogen) atoms. The zero-order valence-corrected chi connectivity index (χ0v) is 7.22. The summed E-state index contributed by atoms with van der Waals surface area (Å²) in [5, 5.41) is 0. The van der Waals surface area contributed by atoms with E-state index < -0.39 is 0 Å². The predicted molar refractivity (Wildman–Crippen MR) is 50.4 cm³/mol. The van der Waals surface area contributed by atoms with Crippen molar-refractivity contribution in [2.45, 2.75) is 26.2 Å². The minimum atomic E-state index is 0.910. The van der Waals surface area contributed by atoms with E-state index in [4.69, 9.17) is 0 Å². The van der Waals surface area contributed by atoms with Crippen LogP contribution in [0.1, 0.15) is 26.2 Å². The maximum atomic E-state index is 3.69. The van der Waals surface area contributed by atoms with E-state index in [1.165, 1.54) is 18.4 Å². The maximum Gasteiger partial charge on any atom is -0.0163 e. The molecule has 0 unspecified atom stereocenters. The number of hydrogen-bond acceptors (Lipinski definition) is 0. The van der Waals surface area contributed by atoms with Gasteiger partial charge in [-0.3, -0.25) is 0 Å². The monoisotopic (exact) mass is 148 g/mol. The van der Waals surface area contributed by atoms with Gasteiger partial charge in [0.2, 0.25) is 0 Å². The van der Waals surface area contributed by atoms with Crippen LogP contribution in [0.15, 0.2) is 36.5 Å². The molecule has 0 radical (unpaired) electrons. The van der Waals surface area contributed by atoms with E-state index in [-0.39, 0.29) is 0 Å². The van der Waals surface area contributed by atoms with Gasteiger partial charge < -0.3 is 0 Å². The van der Waals surface area contributed by atoms with Crippen LogP contribution >= 0.6 is 0 Å². The summed E-state index contributed by atoms with van der Waals surface area (Å²) in [4.78, 5) is 0. The van der Waals surface area contributed by atoms with Crippen LogP contribution in [0.25, 0.3) is 0 Å². The van der Waals surface area contributed by atoms with Crippen molar-refractivity contribution in [1.82, 2.24) is 0 Å². The average Bonchev–Trinajstić information content (AvgIpc) is 2.81. The molecule has 1 fully saturated rings. The third-order valence-electron chi connectivity index (χ3n) is 1.93. The highest BCUT2D eigenvalue weighted by Gasteiger charge is 2.16. The van der Waals surface area contributed by atoms with Crippen LogP contribution in [0, 0.1) is 5.92 Å². The largest absolute Gasteiger partial charge is 0.0988 e. The third-order valence-corrected chi connectivity index (χ3v) is 1.93. The Hall–Kier alpha value is -0.780. The first-order valence-corrected chi connectivity index (χ1v) is 4.29. The Bertz CT molecular complexity index is 180. The zero-order chi connectivity index (χ0) is 8.10. The first-order valence-electron chi connectivity index (χ1n) is 4.29. The van der Waals surface area contributed by atoms with Gasteiger partial charge in [0.15, 0.2) is 0 Å². The molecule has 1 rings (SSSR count). The first-order chi connectivity index (χ1) is 5.33. The second-order valence-corrected chi connectivity index (χ2v) is 3.15. The average molecular weight is 148 g/mol. The summed E-state index contributed by atoms with van der Waals surface area (Å²) in [5.74, 6) is 0.910. The molecule has 0 aromatic rings. The second-order valence-electron chi connectivity index (χ2n) is 3.15. The van der Waals surface area contributed by atoms with Crippen molar-refractivity contribution >= 4 is 0 Å². The van der Waals surface area contributed by atoms with Crippen LogP contribution in [-0.2, 0) is 0 Å². The summed E-state index contributed by atoms with van der Waals surface area (Å²) in [6, 6.07) is 0. The summed E-state index contributed by atoms with van der Waals surface area (Å²) in [6.07, 6.45) is 12.5. The normalized spacial score (nSPS) is 19.2. The van der Waals surface area contributed by atoms with Gasteiger partial charge in [0.25, 0.3) is 0 Å². The summed E-state index contributed by atoms with van der Waals surface area (Å²) in [5.41, 5.74) is 1.27. The van der Waals surface area contributed by atoms with Gasteiger partial charge >= 0.3 is 0 Å². The van der Waals surface area contributed by atoms with Crippen LogP contribution in [0.2, 0.25) is 0 Å². The lowest BCUT2D eigenvalue weighted by molar-refractivity contribution is 1.11. The molecule has 0 aromatic heterocycles.